The SMILES string of the molecule is C/C=C/NC(=O)C(=C\c1[nH]c(C)c(C(=O)NCCN(CC)CC)c1C)/C=C/CSC/C=C/CF.C=CC.F.O.O. The number of aromatic nitrogens is 1. The predicted octanol–water partition coefficient (Wildman–Crippen LogP) is 4.25. The van der Waals surface area contributed by atoms with Gasteiger partial charge in [-0.05, 0) is 58.6 Å². The van der Waals surface area contributed by atoms with Crippen LogP contribution in [0.25, 0.3) is 6.08 Å². The minimum atomic E-state index is -0.459. The largest absolute Gasteiger partial charge is 0.412 e. The number of likely N-dealkylation sites (N-methyl/N-ethyl adjacent to an activating group) is 1. The zero-order valence-electron chi connectivity index (χ0n) is 24.7. The summed E-state index contributed by atoms with van der Waals surface area (Å²) in [7, 11) is 0. The molecule has 230 valence electrons. The van der Waals surface area contributed by atoms with Crippen molar-refractivity contribution >= 4 is 29.7 Å². The second kappa shape index (κ2) is 27.6. The number of aromatic amines is 1. The fraction of sp³-hybridized carbons (Fsp3) is 0.448. The van der Waals surface area contributed by atoms with Gasteiger partial charge in [0, 0.05) is 41.6 Å². The van der Waals surface area contributed by atoms with Crippen LogP contribution in [-0.4, -0.2) is 77.0 Å². The number of carbonyl (C=O) groups is 2. The molecule has 0 saturated carbocycles. The molecule has 1 heterocycles. The standard InChI is InChI=1S/C26H39FN4O2S.C3H6.FH.2H2O/c1-6-14-28-25(32)22(12-11-18-34-17-10-9-13-27)19-23-20(4)24(21(5)30-23)26(33)29-15-16-31(7-2)8-3;1-3-2;;;/h6,9-12,14,19,30H,7-8,13,15-18H2,1-5H3,(H,28,32)(H,29,33);3H,1H2,2H3;1H;2*1H2/b10-9+,12-11+,14-6+,22-19-;;;;. The molecule has 0 aliphatic heterocycles. The van der Waals surface area contributed by atoms with Gasteiger partial charge in [-0.2, -0.15) is 11.8 Å². The van der Waals surface area contributed by atoms with E-state index in [4.69, 9.17) is 0 Å². The van der Waals surface area contributed by atoms with Crippen LogP contribution in [0.15, 0.2) is 54.8 Å². The topological polar surface area (TPSA) is 140 Å². The summed E-state index contributed by atoms with van der Waals surface area (Å²) in [6, 6.07) is 0. The molecule has 1 rings (SSSR count). The van der Waals surface area contributed by atoms with E-state index in [0.717, 1.165) is 36.6 Å². The molecule has 40 heavy (non-hydrogen) atoms. The Bertz CT molecular complexity index is 956. The molecular weight excluding hydrogens is 538 g/mol. The van der Waals surface area contributed by atoms with E-state index in [2.05, 4.69) is 40.9 Å². The maximum absolute atomic E-state index is 12.8. The Labute approximate surface area is 242 Å². The van der Waals surface area contributed by atoms with Gasteiger partial charge in [-0.1, -0.05) is 50.3 Å². The number of allylic oxidation sites excluding steroid dienone is 3. The lowest BCUT2D eigenvalue weighted by Gasteiger charge is -2.18. The molecule has 0 atom stereocenters. The van der Waals surface area contributed by atoms with Gasteiger partial charge < -0.3 is 31.5 Å². The first-order valence-corrected chi connectivity index (χ1v) is 13.8. The number of carbonyl (C=O) groups excluding carboxylic acids is 2. The van der Waals surface area contributed by atoms with Gasteiger partial charge in [0.2, 0.25) is 0 Å². The third kappa shape index (κ3) is 17.6. The minimum Gasteiger partial charge on any atom is -0.412 e. The monoisotopic (exact) mass is 588 g/mol. The molecular formula is C29H50F2N4O4S. The number of nitrogens with zero attached hydrogens (tertiary/aromatic N) is 1. The molecule has 7 N–H and O–H groups in total. The molecule has 0 aliphatic carbocycles. The van der Waals surface area contributed by atoms with Gasteiger partial charge in [0.25, 0.3) is 11.8 Å². The zero-order valence-corrected chi connectivity index (χ0v) is 25.6. The maximum Gasteiger partial charge on any atom is 0.255 e. The summed E-state index contributed by atoms with van der Waals surface area (Å²) in [5, 5.41) is 5.74. The van der Waals surface area contributed by atoms with E-state index in [9.17, 15) is 14.0 Å². The van der Waals surface area contributed by atoms with Gasteiger partial charge in [-0.3, -0.25) is 14.3 Å². The van der Waals surface area contributed by atoms with Crippen LogP contribution in [0.2, 0.25) is 0 Å². The molecule has 8 nitrogen and oxygen atoms in total. The van der Waals surface area contributed by atoms with E-state index < -0.39 is 6.67 Å². The van der Waals surface area contributed by atoms with Crippen molar-refractivity contribution in [1.29, 1.82) is 0 Å². The van der Waals surface area contributed by atoms with Crippen molar-refractivity contribution < 1.29 is 29.6 Å². The average Bonchev–Trinajstić information content (AvgIpc) is 3.16. The number of halogens is 2. The molecule has 0 bridgehead atoms. The average molecular weight is 589 g/mol. The van der Waals surface area contributed by atoms with E-state index in [1.165, 1.54) is 6.08 Å². The second-order valence-electron chi connectivity index (χ2n) is 7.99. The Hall–Kier alpha value is -2.99. The number of hydrogen-bond donors (Lipinski definition) is 3. The van der Waals surface area contributed by atoms with Gasteiger partial charge in [-0.15, -0.1) is 6.58 Å². The summed E-state index contributed by atoms with van der Waals surface area (Å²) in [6.07, 6.45) is 13.8. The van der Waals surface area contributed by atoms with Gasteiger partial charge >= 0.3 is 0 Å². The number of H-pyrrole nitrogens is 1. The summed E-state index contributed by atoms with van der Waals surface area (Å²) in [5.74, 6) is 1.04. The predicted molar refractivity (Wildman–Crippen MR) is 169 cm³/mol. The highest BCUT2D eigenvalue weighted by Crippen LogP contribution is 2.21. The van der Waals surface area contributed by atoms with E-state index in [0.29, 0.717) is 29.2 Å². The third-order valence-corrected chi connectivity index (χ3v) is 6.09. The Kier molecular flexibility index (Phi) is 30.4. The number of nitrogens with one attached hydrogen (secondary N) is 3. The van der Waals surface area contributed by atoms with Crippen LogP contribution < -0.4 is 10.6 Å². The number of thioether (sulfide) groups is 1. The van der Waals surface area contributed by atoms with E-state index in [1.54, 1.807) is 48.3 Å². The molecule has 1 aromatic rings. The molecule has 0 spiro atoms. The van der Waals surface area contributed by atoms with Crippen molar-refractivity contribution in [2.75, 3.05) is 44.4 Å². The van der Waals surface area contributed by atoms with Crippen LogP contribution in [-0.2, 0) is 4.79 Å². The summed E-state index contributed by atoms with van der Waals surface area (Å²) < 4.78 is 12.1. The normalized spacial score (nSPS) is 10.9. The molecule has 11 heteroatoms. The van der Waals surface area contributed by atoms with Crippen LogP contribution in [0.5, 0.6) is 0 Å². The summed E-state index contributed by atoms with van der Waals surface area (Å²) >= 11 is 1.62. The van der Waals surface area contributed by atoms with Crippen molar-refractivity contribution in [1.82, 2.24) is 20.5 Å². The smallest absolute Gasteiger partial charge is 0.255 e. The second-order valence-corrected chi connectivity index (χ2v) is 9.07. The first-order chi connectivity index (χ1) is 17.8. The molecule has 0 aromatic carbocycles. The lowest BCUT2D eigenvalue weighted by molar-refractivity contribution is -0.116. The molecule has 1 aromatic heterocycles. The fourth-order valence-electron chi connectivity index (χ4n) is 3.31. The maximum atomic E-state index is 12.8. The molecule has 0 unspecified atom stereocenters. The van der Waals surface area contributed by atoms with Crippen molar-refractivity contribution in [3.05, 3.63) is 77.3 Å². The third-order valence-electron chi connectivity index (χ3n) is 5.24. The van der Waals surface area contributed by atoms with Crippen molar-refractivity contribution in [3.8, 4) is 0 Å². The van der Waals surface area contributed by atoms with Crippen LogP contribution in [0.4, 0.5) is 9.09 Å². The van der Waals surface area contributed by atoms with E-state index in [1.807, 2.05) is 33.8 Å². The number of alkyl halides is 1. The van der Waals surface area contributed by atoms with Crippen LogP contribution >= 0.6 is 11.8 Å². The van der Waals surface area contributed by atoms with Crippen molar-refractivity contribution in [3.63, 3.8) is 0 Å². The number of hydrogen-bond acceptors (Lipinski definition) is 4. The number of rotatable bonds is 15. The van der Waals surface area contributed by atoms with Crippen LogP contribution in [0.1, 0.15) is 55.0 Å². The highest BCUT2D eigenvalue weighted by Gasteiger charge is 2.18. The first kappa shape index (κ1) is 44.0. The Morgan fingerprint density at radius 3 is 2.23 bits per heavy atom. The van der Waals surface area contributed by atoms with Crippen molar-refractivity contribution in [2.24, 2.45) is 0 Å². The Morgan fingerprint density at radius 1 is 1.07 bits per heavy atom. The zero-order chi connectivity index (χ0) is 28.1. The van der Waals surface area contributed by atoms with Crippen LogP contribution in [0.3, 0.4) is 0 Å². The number of aryl methyl sites for hydroxylation is 1. The molecule has 0 aliphatic rings. The van der Waals surface area contributed by atoms with E-state index >= 15 is 0 Å². The van der Waals surface area contributed by atoms with Gasteiger partial charge in [0.15, 0.2) is 0 Å². The highest BCUT2D eigenvalue weighted by atomic mass is 32.2. The van der Waals surface area contributed by atoms with E-state index in [-0.39, 0.29) is 27.5 Å². The quantitative estimate of drug-likeness (QED) is 0.122. The number of amides is 2. The Morgan fingerprint density at radius 2 is 1.68 bits per heavy atom. The van der Waals surface area contributed by atoms with Gasteiger partial charge in [0.1, 0.15) is 6.67 Å². The molecule has 0 saturated heterocycles. The van der Waals surface area contributed by atoms with Gasteiger partial charge in [0.05, 0.1) is 5.56 Å². The molecule has 0 radical (unpaired) electrons. The highest BCUT2D eigenvalue weighted by molar-refractivity contribution is 7.99. The minimum absolute atomic E-state index is 0. The Balaban J connectivity index is -0.00000103. The summed E-state index contributed by atoms with van der Waals surface area (Å²) in [5.41, 5.74) is 3.36. The molecule has 2 amide bonds. The van der Waals surface area contributed by atoms with Crippen molar-refractivity contribution in [2.45, 2.75) is 41.5 Å². The lowest BCUT2D eigenvalue weighted by atomic mass is 10.1. The first-order valence-electron chi connectivity index (χ1n) is 12.7. The molecule has 0 fully saturated rings. The van der Waals surface area contributed by atoms with Gasteiger partial charge in [-0.25, -0.2) is 4.39 Å². The fourth-order valence-corrected chi connectivity index (χ4v) is 3.95. The summed E-state index contributed by atoms with van der Waals surface area (Å²) in [6.45, 7) is 17.8. The lowest BCUT2D eigenvalue weighted by Crippen LogP contribution is -2.35. The van der Waals surface area contributed by atoms with Crippen LogP contribution in [0, 0.1) is 13.8 Å². The summed E-state index contributed by atoms with van der Waals surface area (Å²) in [4.78, 5) is 31.0.